The number of Topliss-reactive ketones (excluding diaryl/α,β-unsaturated/α-hetero) is 1. The second-order valence-electron chi connectivity index (χ2n) is 5.79. The summed E-state index contributed by atoms with van der Waals surface area (Å²) >= 11 is 2.01. The monoisotopic (exact) mass is 292 g/mol. The smallest absolute Gasteiger partial charge is 0.159 e. The molecule has 2 rings (SSSR count). The van der Waals surface area contributed by atoms with Crippen LogP contribution in [0.4, 0.5) is 0 Å². The number of hydrogen-bond acceptors (Lipinski definition) is 3. The largest absolute Gasteiger partial charge is 0.496 e. The summed E-state index contributed by atoms with van der Waals surface area (Å²) in [4.78, 5) is 11.5. The Bertz CT molecular complexity index is 470. The molecule has 0 aliphatic heterocycles. The van der Waals surface area contributed by atoms with Gasteiger partial charge >= 0.3 is 0 Å². The highest BCUT2D eigenvalue weighted by molar-refractivity contribution is 7.99. The fourth-order valence-corrected chi connectivity index (χ4v) is 4.29. The Hall–Kier alpha value is -0.960. The number of carbonyl (C=O) groups is 1. The number of hydrogen-bond donors (Lipinski definition) is 0. The summed E-state index contributed by atoms with van der Waals surface area (Å²) in [5.74, 6) is 2.80. The van der Waals surface area contributed by atoms with Crippen LogP contribution in [0.5, 0.6) is 5.75 Å². The molecule has 1 aromatic rings. The van der Waals surface area contributed by atoms with Crippen LogP contribution < -0.4 is 4.74 Å². The number of thioether (sulfide) groups is 1. The summed E-state index contributed by atoms with van der Waals surface area (Å²) in [6.45, 7) is 3.96. The fraction of sp³-hybridized carbons (Fsp3) is 0.588. The molecular weight excluding hydrogens is 268 g/mol. The molecule has 0 radical (unpaired) electrons. The van der Waals surface area contributed by atoms with E-state index in [4.69, 9.17) is 4.74 Å². The van der Waals surface area contributed by atoms with Crippen LogP contribution in [0.1, 0.15) is 55.5 Å². The van der Waals surface area contributed by atoms with Gasteiger partial charge in [0.2, 0.25) is 0 Å². The SMILES string of the molecule is COc1ccc(C(C)=O)cc1CSC1CCCC(C)C1. The Morgan fingerprint density at radius 3 is 2.85 bits per heavy atom. The molecule has 0 spiro atoms. The molecule has 110 valence electrons. The lowest BCUT2D eigenvalue weighted by Crippen LogP contribution is -2.15. The number of rotatable bonds is 5. The fourth-order valence-electron chi connectivity index (χ4n) is 2.85. The summed E-state index contributed by atoms with van der Waals surface area (Å²) < 4.78 is 5.42. The zero-order valence-corrected chi connectivity index (χ0v) is 13.5. The average Bonchev–Trinajstić information content (AvgIpc) is 2.44. The van der Waals surface area contributed by atoms with Crippen LogP contribution in [0, 0.1) is 5.92 Å². The molecule has 0 heterocycles. The molecule has 20 heavy (non-hydrogen) atoms. The van der Waals surface area contributed by atoms with Gasteiger partial charge in [-0.1, -0.05) is 19.8 Å². The van der Waals surface area contributed by atoms with E-state index < -0.39 is 0 Å². The minimum atomic E-state index is 0.116. The molecule has 2 atom stereocenters. The van der Waals surface area contributed by atoms with E-state index in [1.54, 1.807) is 14.0 Å². The maximum Gasteiger partial charge on any atom is 0.159 e. The van der Waals surface area contributed by atoms with Crippen LogP contribution >= 0.6 is 11.8 Å². The predicted octanol–water partition coefficient (Wildman–Crippen LogP) is 4.71. The number of benzene rings is 1. The molecule has 0 N–H and O–H groups in total. The molecule has 3 heteroatoms. The minimum Gasteiger partial charge on any atom is -0.496 e. The van der Waals surface area contributed by atoms with E-state index in [1.165, 1.54) is 25.7 Å². The second-order valence-corrected chi connectivity index (χ2v) is 7.08. The van der Waals surface area contributed by atoms with Gasteiger partial charge in [-0.25, -0.2) is 0 Å². The van der Waals surface area contributed by atoms with Crippen molar-refractivity contribution in [3.05, 3.63) is 29.3 Å². The molecule has 1 fully saturated rings. The first kappa shape index (κ1) is 15.4. The summed E-state index contributed by atoms with van der Waals surface area (Å²) in [5.41, 5.74) is 1.92. The van der Waals surface area contributed by atoms with E-state index in [2.05, 4.69) is 6.92 Å². The van der Waals surface area contributed by atoms with Crippen LogP contribution in [0.3, 0.4) is 0 Å². The van der Waals surface area contributed by atoms with Gasteiger partial charge in [-0.2, -0.15) is 11.8 Å². The van der Waals surface area contributed by atoms with Crippen molar-refractivity contribution in [2.45, 2.75) is 50.5 Å². The van der Waals surface area contributed by atoms with E-state index in [1.807, 2.05) is 30.0 Å². The van der Waals surface area contributed by atoms with Crippen molar-refractivity contribution in [2.75, 3.05) is 7.11 Å². The quantitative estimate of drug-likeness (QED) is 0.735. The topological polar surface area (TPSA) is 26.3 Å². The molecular formula is C17H24O2S. The lowest BCUT2D eigenvalue weighted by Gasteiger charge is -2.26. The van der Waals surface area contributed by atoms with Crippen molar-refractivity contribution in [2.24, 2.45) is 5.92 Å². The molecule has 0 bridgehead atoms. The van der Waals surface area contributed by atoms with Crippen molar-refractivity contribution < 1.29 is 9.53 Å². The molecule has 1 aliphatic rings. The zero-order chi connectivity index (χ0) is 14.5. The number of ketones is 1. The maximum absolute atomic E-state index is 11.5. The van der Waals surface area contributed by atoms with Gasteiger partial charge in [-0.05, 0) is 43.9 Å². The van der Waals surface area contributed by atoms with Gasteiger partial charge in [0.1, 0.15) is 5.75 Å². The van der Waals surface area contributed by atoms with E-state index in [0.717, 1.165) is 33.8 Å². The van der Waals surface area contributed by atoms with Crippen molar-refractivity contribution in [1.29, 1.82) is 0 Å². The van der Waals surface area contributed by atoms with Gasteiger partial charge < -0.3 is 4.74 Å². The number of ether oxygens (including phenoxy) is 1. The van der Waals surface area contributed by atoms with Crippen molar-refractivity contribution in [3.63, 3.8) is 0 Å². The Balaban J connectivity index is 2.03. The number of methoxy groups -OCH3 is 1. The van der Waals surface area contributed by atoms with Gasteiger partial charge in [-0.3, -0.25) is 4.79 Å². The summed E-state index contributed by atoms with van der Waals surface area (Å²) in [6, 6.07) is 5.74. The van der Waals surface area contributed by atoms with Crippen molar-refractivity contribution >= 4 is 17.5 Å². The third kappa shape index (κ3) is 4.02. The molecule has 2 unspecified atom stereocenters. The van der Waals surface area contributed by atoms with Gasteiger partial charge in [0.05, 0.1) is 7.11 Å². The van der Waals surface area contributed by atoms with Crippen molar-refractivity contribution in [3.8, 4) is 5.75 Å². The Labute approximate surface area is 126 Å². The standard InChI is InChI=1S/C17H24O2S/c1-12-5-4-6-16(9-12)20-11-15-10-14(13(2)18)7-8-17(15)19-3/h7-8,10,12,16H,4-6,9,11H2,1-3H3. The van der Waals surface area contributed by atoms with Gasteiger partial charge in [0.25, 0.3) is 0 Å². The molecule has 0 saturated heterocycles. The zero-order valence-electron chi connectivity index (χ0n) is 12.6. The molecule has 1 aliphatic carbocycles. The molecule has 2 nitrogen and oxygen atoms in total. The molecule has 0 amide bonds. The highest BCUT2D eigenvalue weighted by Gasteiger charge is 2.19. The first-order valence-electron chi connectivity index (χ1n) is 7.39. The lowest BCUT2D eigenvalue weighted by atomic mass is 9.91. The minimum absolute atomic E-state index is 0.116. The summed E-state index contributed by atoms with van der Waals surface area (Å²) in [5, 5.41) is 0.754. The summed E-state index contributed by atoms with van der Waals surface area (Å²) in [7, 11) is 1.69. The van der Waals surface area contributed by atoms with Gasteiger partial charge in [0, 0.05) is 22.1 Å². The van der Waals surface area contributed by atoms with Crippen LogP contribution in [0.15, 0.2) is 18.2 Å². The molecule has 1 aromatic carbocycles. The number of carbonyl (C=O) groups excluding carboxylic acids is 1. The highest BCUT2D eigenvalue weighted by atomic mass is 32.2. The Kier molecular flexibility index (Phi) is 5.53. The average molecular weight is 292 g/mol. The maximum atomic E-state index is 11.5. The van der Waals surface area contributed by atoms with Crippen LogP contribution in [-0.2, 0) is 5.75 Å². The second kappa shape index (κ2) is 7.16. The van der Waals surface area contributed by atoms with Gasteiger partial charge in [0.15, 0.2) is 5.78 Å². The lowest BCUT2D eigenvalue weighted by molar-refractivity contribution is 0.101. The van der Waals surface area contributed by atoms with Crippen LogP contribution in [-0.4, -0.2) is 18.1 Å². The summed E-state index contributed by atoms with van der Waals surface area (Å²) in [6.07, 6.45) is 5.37. The first-order valence-corrected chi connectivity index (χ1v) is 8.44. The van der Waals surface area contributed by atoms with E-state index in [-0.39, 0.29) is 5.78 Å². The van der Waals surface area contributed by atoms with Crippen molar-refractivity contribution in [1.82, 2.24) is 0 Å². The molecule has 0 aromatic heterocycles. The van der Waals surface area contributed by atoms with E-state index in [0.29, 0.717) is 0 Å². The van der Waals surface area contributed by atoms with Crippen LogP contribution in [0.2, 0.25) is 0 Å². The third-order valence-corrected chi connectivity index (χ3v) is 5.43. The first-order chi connectivity index (χ1) is 9.60. The Morgan fingerprint density at radius 1 is 1.40 bits per heavy atom. The van der Waals surface area contributed by atoms with Gasteiger partial charge in [-0.15, -0.1) is 0 Å². The van der Waals surface area contributed by atoms with E-state index >= 15 is 0 Å². The normalized spacial score (nSPS) is 22.6. The highest BCUT2D eigenvalue weighted by Crippen LogP contribution is 2.35. The molecule has 1 saturated carbocycles. The predicted molar refractivity (Wildman–Crippen MR) is 85.7 cm³/mol. The van der Waals surface area contributed by atoms with E-state index in [9.17, 15) is 4.79 Å². The third-order valence-electron chi connectivity index (χ3n) is 4.05. The van der Waals surface area contributed by atoms with Crippen LogP contribution in [0.25, 0.3) is 0 Å². The Morgan fingerprint density at radius 2 is 2.20 bits per heavy atom.